The van der Waals surface area contributed by atoms with Crippen LogP contribution in [0.15, 0.2) is 128 Å². The number of benzene rings is 5. The molecule has 5 aromatic carbocycles. The summed E-state index contributed by atoms with van der Waals surface area (Å²) >= 11 is 12.2. The van der Waals surface area contributed by atoms with E-state index in [4.69, 9.17) is 37.9 Å². The predicted octanol–water partition coefficient (Wildman–Crippen LogP) is 7.96. The minimum Gasteiger partial charge on any atom is -0.489 e. The lowest BCUT2D eigenvalue weighted by Gasteiger charge is -2.37. The predicted molar refractivity (Wildman–Crippen MR) is 227 cm³/mol. The number of rotatable bonds is 11. The zero-order valence-electron chi connectivity index (χ0n) is 32.2. The highest BCUT2D eigenvalue weighted by Gasteiger charge is 2.39. The number of hydrogen-bond donors (Lipinski definition) is 3. The van der Waals surface area contributed by atoms with Crippen molar-refractivity contribution in [2.75, 3.05) is 5.32 Å². The second-order valence-electron chi connectivity index (χ2n) is 14.6. The molecular weight excluding hydrogens is 817 g/mol. The van der Waals surface area contributed by atoms with Crippen molar-refractivity contribution in [3.05, 3.63) is 177 Å². The number of carboxylic acid groups (broad SMARTS) is 1. The molecule has 0 saturated heterocycles. The van der Waals surface area contributed by atoms with Crippen molar-refractivity contribution < 1.29 is 33.8 Å². The summed E-state index contributed by atoms with van der Waals surface area (Å²) in [6.45, 7) is 0.263. The van der Waals surface area contributed by atoms with E-state index in [9.17, 15) is 24.3 Å². The number of fused-ring (bicyclic) bond motifs is 2. The van der Waals surface area contributed by atoms with Gasteiger partial charge in [-0.2, -0.15) is 5.26 Å². The second kappa shape index (κ2) is 17.6. The quantitative estimate of drug-likeness (QED) is 0.117. The summed E-state index contributed by atoms with van der Waals surface area (Å²) in [6.07, 6.45) is 2.01. The smallest absolute Gasteiger partial charge is 0.326 e. The van der Waals surface area contributed by atoms with Crippen LogP contribution >= 0.6 is 23.2 Å². The number of ether oxygens (including phenoxy) is 2. The SMILES string of the molecule is N#Cc1ccc(-c2ccc(C[C@H](NC(=O)[C@@H]3Cc4cc5c(cc4CN3C(=O)c3ccncc3)OC(c3ccc(OCc4ccc(Cl)c(Cl)c4)cc3)C(=O)N5)C(=O)O)cc2)cc1. The lowest BCUT2D eigenvalue weighted by atomic mass is 9.91. The Morgan fingerprint density at radius 3 is 2.25 bits per heavy atom. The molecule has 1 unspecified atom stereocenters. The summed E-state index contributed by atoms with van der Waals surface area (Å²) in [6, 6.07) is 32.9. The van der Waals surface area contributed by atoms with Gasteiger partial charge in [0.25, 0.3) is 11.8 Å². The van der Waals surface area contributed by atoms with Crippen molar-refractivity contribution in [1.29, 1.82) is 5.26 Å². The first kappa shape index (κ1) is 40.6. The molecule has 3 atom stereocenters. The van der Waals surface area contributed by atoms with E-state index in [2.05, 4.69) is 21.7 Å². The van der Waals surface area contributed by atoms with Crippen molar-refractivity contribution in [3.63, 3.8) is 0 Å². The molecule has 2 aliphatic rings. The Bertz CT molecular complexity index is 2690. The summed E-state index contributed by atoms with van der Waals surface area (Å²) in [4.78, 5) is 59.6. The fourth-order valence-electron chi connectivity index (χ4n) is 7.33. The molecule has 12 nitrogen and oxygen atoms in total. The normalized spacial score (nSPS) is 15.8. The maximum absolute atomic E-state index is 14.1. The molecule has 8 rings (SSSR count). The van der Waals surface area contributed by atoms with Gasteiger partial charge < -0.3 is 30.1 Å². The molecule has 6 aromatic rings. The Hall–Kier alpha value is -7.20. The van der Waals surface area contributed by atoms with Gasteiger partial charge in [-0.15, -0.1) is 0 Å². The van der Waals surface area contributed by atoms with Gasteiger partial charge in [0.15, 0.2) is 0 Å². The number of aromatic nitrogens is 1. The molecule has 1 aromatic heterocycles. The Morgan fingerprint density at radius 1 is 0.885 bits per heavy atom. The molecule has 0 aliphatic carbocycles. The van der Waals surface area contributed by atoms with E-state index in [1.54, 1.807) is 84.9 Å². The van der Waals surface area contributed by atoms with Crippen molar-refractivity contribution >= 4 is 52.6 Å². The summed E-state index contributed by atoms with van der Waals surface area (Å²) < 4.78 is 12.2. The highest BCUT2D eigenvalue weighted by Crippen LogP contribution is 2.40. The van der Waals surface area contributed by atoms with Crippen LogP contribution in [0, 0.1) is 11.3 Å². The Morgan fingerprint density at radius 2 is 1.57 bits per heavy atom. The van der Waals surface area contributed by atoms with E-state index in [1.165, 1.54) is 17.3 Å². The van der Waals surface area contributed by atoms with Crippen molar-refractivity contribution in [1.82, 2.24) is 15.2 Å². The minimum atomic E-state index is -1.30. The van der Waals surface area contributed by atoms with Gasteiger partial charge in [0.05, 0.1) is 27.4 Å². The molecule has 3 heterocycles. The number of anilines is 1. The standard InChI is InChI=1S/C47H35Cl2N5O7/c48-37-14-5-29(19-38(37)49)26-60-36-12-10-32(11-13-36)43-45(56)52-39-21-34-22-41(54(25-35(34)23-42(39)61-43)46(57)33-15-17-51-18-16-33)44(55)53-40(47(58)59)20-27-1-6-30(7-2-27)31-8-3-28(24-50)4-9-31/h1-19,21,23,40-41,43H,20,22,25-26H2,(H,52,56)(H,53,55)(H,58,59)/t40-,41-,43?/m0/s1. The van der Waals surface area contributed by atoms with E-state index in [0.29, 0.717) is 60.6 Å². The maximum atomic E-state index is 14.1. The first-order valence-corrected chi connectivity index (χ1v) is 19.9. The van der Waals surface area contributed by atoms with Crippen LogP contribution in [0.1, 0.15) is 49.8 Å². The number of halogens is 2. The highest BCUT2D eigenvalue weighted by atomic mass is 35.5. The molecule has 3 N–H and O–H groups in total. The molecule has 3 amide bonds. The van der Waals surface area contributed by atoms with Crippen molar-refractivity contribution in [2.45, 2.75) is 44.2 Å². The number of nitrogens with one attached hydrogen (secondary N) is 2. The lowest BCUT2D eigenvalue weighted by molar-refractivity contribution is -0.142. The largest absolute Gasteiger partial charge is 0.489 e. The van der Waals surface area contributed by atoms with E-state index in [0.717, 1.165) is 16.7 Å². The molecule has 0 bridgehead atoms. The van der Waals surface area contributed by atoms with E-state index in [-0.39, 0.29) is 26.0 Å². The monoisotopic (exact) mass is 851 g/mol. The number of carboxylic acids is 1. The number of hydrogen-bond acceptors (Lipinski definition) is 8. The van der Waals surface area contributed by atoms with Crippen molar-refractivity contribution in [2.24, 2.45) is 0 Å². The molecule has 0 fully saturated rings. The zero-order chi connectivity index (χ0) is 42.6. The number of nitriles is 1. The molecule has 0 radical (unpaired) electrons. The third kappa shape index (κ3) is 9.04. The molecule has 14 heteroatoms. The van der Waals surface area contributed by atoms with Gasteiger partial charge in [-0.1, -0.05) is 77.8 Å². The third-order valence-electron chi connectivity index (χ3n) is 10.6. The second-order valence-corrected chi connectivity index (χ2v) is 15.4. The maximum Gasteiger partial charge on any atom is 0.326 e. The molecule has 304 valence electrons. The van der Waals surface area contributed by atoms with Crippen LogP contribution in [-0.4, -0.2) is 50.8 Å². The van der Waals surface area contributed by atoms with E-state index < -0.39 is 41.9 Å². The molecule has 0 saturated carbocycles. The van der Waals surface area contributed by atoms with Crippen LogP contribution in [0.2, 0.25) is 10.0 Å². The fraction of sp³-hybridized carbons (Fsp3) is 0.149. The van der Waals surface area contributed by atoms with Gasteiger partial charge in [0, 0.05) is 42.9 Å². The number of carbonyl (C=O) groups excluding carboxylic acids is 3. The van der Waals surface area contributed by atoms with Gasteiger partial charge >= 0.3 is 5.97 Å². The topological polar surface area (TPSA) is 171 Å². The lowest BCUT2D eigenvalue weighted by Crippen LogP contribution is -2.56. The van der Waals surface area contributed by atoms with Crippen LogP contribution in [-0.2, 0) is 40.4 Å². The average molecular weight is 853 g/mol. The number of aliphatic carboxylic acids is 1. The fourth-order valence-corrected chi connectivity index (χ4v) is 7.65. The number of amides is 3. The number of carbonyl (C=O) groups is 4. The Labute approximate surface area is 360 Å². The first-order chi connectivity index (χ1) is 29.5. The molecule has 2 aliphatic heterocycles. The Balaban J connectivity index is 0.991. The highest BCUT2D eigenvalue weighted by molar-refractivity contribution is 6.42. The van der Waals surface area contributed by atoms with Crippen LogP contribution in [0.4, 0.5) is 5.69 Å². The van der Waals surface area contributed by atoms with Crippen molar-refractivity contribution in [3.8, 4) is 28.7 Å². The van der Waals surface area contributed by atoms with Gasteiger partial charge in [-0.25, -0.2) is 4.79 Å². The summed E-state index contributed by atoms with van der Waals surface area (Å²) in [5.41, 5.74) is 6.52. The van der Waals surface area contributed by atoms with E-state index in [1.807, 2.05) is 30.3 Å². The van der Waals surface area contributed by atoms with Crippen LogP contribution < -0.4 is 20.1 Å². The van der Waals surface area contributed by atoms with Gasteiger partial charge in [0.2, 0.25) is 12.0 Å². The minimum absolute atomic E-state index is 0.00322. The van der Waals surface area contributed by atoms with E-state index >= 15 is 0 Å². The molecule has 61 heavy (non-hydrogen) atoms. The zero-order valence-corrected chi connectivity index (χ0v) is 33.7. The van der Waals surface area contributed by atoms with Gasteiger partial charge in [-0.05, 0) is 94.0 Å². The number of pyridine rings is 1. The van der Waals surface area contributed by atoms with Gasteiger partial charge in [0.1, 0.15) is 30.2 Å². The molecular formula is C47H35Cl2N5O7. The summed E-state index contributed by atoms with van der Waals surface area (Å²) in [7, 11) is 0. The molecule has 0 spiro atoms. The average Bonchev–Trinajstić information content (AvgIpc) is 3.28. The van der Waals surface area contributed by atoms with Crippen LogP contribution in [0.25, 0.3) is 11.1 Å². The van der Waals surface area contributed by atoms with Crippen LogP contribution in [0.3, 0.4) is 0 Å². The third-order valence-corrected chi connectivity index (χ3v) is 11.3. The van der Waals surface area contributed by atoms with Gasteiger partial charge in [-0.3, -0.25) is 19.4 Å². The van der Waals surface area contributed by atoms with Crippen LogP contribution in [0.5, 0.6) is 11.5 Å². The Kier molecular flexibility index (Phi) is 11.7. The summed E-state index contributed by atoms with van der Waals surface area (Å²) in [5.74, 6) is -1.75. The summed E-state index contributed by atoms with van der Waals surface area (Å²) in [5, 5.41) is 25.9. The number of nitrogens with zero attached hydrogens (tertiary/aromatic N) is 3. The first-order valence-electron chi connectivity index (χ1n) is 19.2.